The second-order valence-electron chi connectivity index (χ2n) is 6.42. The number of anilines is 1. The Kier molecular flexibility index (Phi) is 8.54. The maximum absolute atomic E-state index is 5.66. The molecule has 1 atom stereocenters. The summed E-state index contributed by atoms with van der Waals surface area (Å²) in [5.41, 5.74) is 0.935. The average Bonchev–Trinajstić information content (AvgIpc) is 2.67. The molecule has 0 aromatic heterocycles. The molecule has 0 spiro atoms. The molecule has 2 N–H and O–H groups in total. The van der Waals surface area contributed by atoms with Crippen LogP contribution in [0, 0.1) is 0 Å². The summed E-state index contributed by atoms with van der Waals surface area (Å²) in [6, 6.07) is 6.39. The van der Waals surface area contributed by atoms with Gasteiger partial charge in [-0.2, -0.15) is 0 Å². The number of likely N-dealkylation sites (N-methyl/N-ethyl adjacent to an activating group) is 1. The number of likely N-dealkylation sites (tertiary alicyclic amines) is 1. The number of benzene rings is 1. The standard InChI is InChI=1S/C20H34N4O2/c1-5-21-20(22-15-17-10-8-9-13-24(17)6-2)23-16-11-12-18(25-4)19(14-16)26-7-3/h11-12,14,17H,5-10,13,15H2,1-4H3,(H2,21,22,23). The Balaban J connectivity index is 2.08. The van der Waals surface area contributed by atoms with Crippen molar-refractivity contribution in [3.63, 3.8) is 0 Å². The fourth-order valence-electron chi connectivity index (χ4n) is 3.35. The topological polar surface area (TPSA) is 58.1 Å². The number of hydrogen-bond acceptors (Lipinski definition) is 4. The van der Waals surface area contributed by atoms with Crippen molar-refractivity contribution in [1.82, 2.24) is 10.2 Å². The van der Waals surface area contributed by atoms with Gasteiger partial charge in [-0.15, -0.1) is 0 Å². The SMILES string of the molecule is CCNC(=NCC1CCCCN1CC)Nc1ccc(OC)c(OCC)c1. The van der Waals surface area contributed by atoms with Crippen molar-refractivity contribution >= 4 is 11.6 Å². The zero-order chi connectivity index (χ0) is 18.8. The Labute approximate surface area is 158 Å². The van der Waals surface area contributed by atoms with E-state index in [9.17, 15) is 0 Å². The lowest BCUT2D eigenvalue weighted by Gasteiger charge is -2.34. The molecular weight excluding hydrogens is 328 g/mol. The number of nitrogens with zero attached hydrogens (tertiary/aromatic N) is 2. The van der Waals surface area contributed by atoms with E-state index in [1.165, 1.54) is 25.8 Å². The van der Waals surface area contributed by atoms with Gasteiger partial charge in [-0.1, -0.05) is 13.3 Å². The van der Waals surface area contributed by atoms with Crippen LogP contribution in [0.2, 0.25) is 0 Å². The number of rotatable bonds is 8. The first-order valence-corrected chi connectivity index (χ1v) is 9.82. The number of aliphatic imine (C=N–C) groups is 1. The number of guanidine groups is 1. The predicted molar refractivity (Wildman–Crippen MR) is 109 cm³/mol. The van der Waals surface area contributed by atoms with E-state index in [4.69, 9.17) is 14.5 Å². The molecule has 2 rings (SSSR count). The van der Waals surface area contributed by atoms with Gasteiger partial charge in [-0.3, -0.25) is 9.89 Å². The van der Waals surface area contributed by atoms with E-state index in [1.807, 2.05) is 25.1 Å². The Morgan fingerprint density at radius 3 is 2.77 bits per heavy atom. The van der Waals surface area contributed by atoms with Gasteiger partial charge >= 0.3 is 0 Å². The molecule has 1 aromatic rings. The maximum Gasteiger partial charge on any atom is 0.195 e. The van der Waals surface area contributed by atoms with Crippen molar-refractivity contribution < 1.29 is 9.47 Å². The molecule has 1 aliphatic heterocycles. The number of piperidine rings is 1. The van der Waals surface area contributed by atoms with Gasteiger partial charge in [0.2, 0.25) is 0 Å². The van der Waals surface area contributed by atoms with Crippen LogP contribution in [-0.4, -0.2) is 56.8 Å². The minimum absolute atomic E-state index is 0.541. The molecular formula is C20H34N4O2. The summed E-state index contributed by atoms with van der Waals surface area (Å²) in [5.74, 6) is 2.28. The molecule has 26 heavy (non-hydrogen) atoms. The Morgan fingerprint density at radius 2 is 2.08 bits per heavy atom. The third-order valence-electron chi connectivity index (χ3n) is 4.69. The highest BCUT2D eigenvalue weighted by molar-refractivity contribution is 5.93. The fourth-order valence-corrected chi connectivity index (χ4v) is 3.35. The molecule has 1 aliphatic rings. The maximum atomic E-state index is 5.66. The lowest BCUT2D eigenvalue weighted by Crippen LogP contribution is -2.42. The molecule has 6 nitrogen and oxygen atoms in total. The molecule has 1 unspecified atom stereocenters. The summed E-state index contributed by atoms with van der Waals surface area (Å²) >= 11 is 0. The Bertz CT molecular complexity index is 577. The van der Waals surface area contributed by atoms with E-state index in [0.29, 0.717) is 12.6 Å². The van der Waals surface area contributed by atoms with E-state index in [1.54, 1.807) is 7.11 Å². The van der Waals surface area contributed by atoms with Crippen LogP contribution in [0.1, 0.15) is 40.0 Å². The zero-order valence-corrected chi connectivity index (χ0v) is 16.7. The van der Waals surface area contributed by atoms with Crippen LogP contribution in [0.4, 0.5) is 5.69 Å². The molecule has 0 aliphatic carbocycles. The van der Waals surface area contributed by atoms with Gasteiger partial charge < -0.3 is 20.1 Å². The van der Waals surface area contributed by atoms with E-state index in [0.717, 1.165) is 42.8 Å². The van der Waals surface area contributed by atoms with Crippen molar-refractivity contribution in [1.29, 1.82) is 0 Å². The van der Waals surface area contributed by atoms with Crippen molar-refractivity contribution in [2.24, 2.45) is 4.99 Å². The van der Waals surface area contributed by atoms with Gasteiger partial charge in [-0.25, -0.2) is 0 Å². The number of methoxy groups -OCH3 is 1. The van der Waals surface area contributed by atoms with Crippen LogP contribution >= 0.6 is 0 Å². The van der Waals surface area contributed by atoms with Crippen LogP contribution in [0.3, 0.4) is 0 Å². The van der Waals surface area contributed by atoms with Gasteiger partial charge in [0, 0.05) is 24.3 Å². The van der Waals surface area contributed by atoms with Crippen LogP contribution in [0.25, 0.3) is 0 Å². The summed E-state index contributed by atoms with van der Waals surface area (Å²) in [5, 5.41) is 6.72. The van der Waals surface area contributed by atoms with Crippen molar-refractivity contribution in [2.75, 3.05) is 45.2 Å². The first-order valence-electron chi connectivity index (χ1n) is 9.82. The quantitative estimate of drug-likeness (QED) is 0.549. The normalized spacial score (nSPS) is 18.5. The second-order valence-corrected chi connectivity index (χ2v) is 6.42. The van der Waals surface area contributed by atoms with Gasteiger partial charge in [0.1, 0.15) is 0 Å². The summed E-state index contributed by atoms with van der Waals surface area (Å²) < 4.78 is 11.0. The highest BCUT2D eigenvalue weighted by Crippen LogP contribution is 2.30. The van der Waals surface area contributed by atoms with E-state index >= 15 is 0 Å². The number of hydrogen-bond donors (Lipinski definition) is 2. The minimum atomic E-state index is 0.541. The van der Waals surface area contributed by atoms with Gasteiger partial charge in [0.25, 0.3) is 0 Å². The fraction of sp³-hybridized carbons (Fsp3) is 0.650. The number of ether oxygens (including phenoxy) is 2. The second kappa shape index (κ2) is 10.9. The first kappa shape index (κ1) is 20.4. The molecule has 1 heterocycles. The first-order chi connectivity index (χ1) is 12.7. The van der Waals surface area contributed by atoms with Gasteiger partial charge in [0.15, 0.2) is 17.5 Å². The van der Waals surface area contributed by atoms with Crippen molar-refractivity contribution in [3.05, 3.63) is 18.2 Å². The number of nitrogens with one attached hydrogen (secondary N) is 2. The van der Waals surface area contributed by atoms with Gasteiger partial charge in [-0.05, 0) is 51.9 Å². The third kappa shape index (κ3) is 5.80. The molecule has 0 bridgehead atoms. The summed E-state index contributed by atoms with van der Waals surface area (Å²) in [4.78, 5) is 7.37. The van der Waals surface area contributed by atoms with Crippen LogP contribution in [0.15, 0.2) is 23.2 Å². The Hall–Kier alpha value is -1.95. The van der Waals surface area contributed by atoms with Crippen LogP contribution in [0.5, 0.6) is 11.5 Å². The average molecular weight is 363 g/mol. The highest BCUT2D eigenvalue weighted by Gasteiger charge is 2.20. The molecule has 1 aromatic carbocycles. The molecule has 6 heteroatoms. The lowest BCUT2D eigenvalue weighted by atomic mass is 10.0. The van der Waals surface area contributed by atoms with Crippen molar-refractivity contribution in [3.8, 4) is 11.5 Å². The highest BCUT2D eigenvalue weighted by atomic mass is 16.5. The minimum Gasteiger partial charge on any atom is -0.493 e. The predicted octanol–water partition coefficient (Wildman–Crippen LogP) is 3.35. The third-order valence-corrected chi connectivity index (χ3v) is 4.69. The summed E-state index contributed by atoms with van der Waals surface area (Å²) in [6.07, 6.45) is 3.84. The van der Waals surface area contributed by atoms with E-state index in [-0.39, 0.29) is 0 Å². The molecule has 146 valence electrons. The van der Waals surface area contributed by atoms with E-state index in [2.05, 4.69) is 29.4 Å². The smallest absolute Gasteiger partial charge is 0.195 e. The Morgan fingerprint density at radius 1 is 1.23 bits per heavy atom. The lowest BCUT2D eigenvalue weighted by molar-refractivity contribution is 0.161. The summed E-state index contributed by atoms with van der Waals surface area (Å²) in [7, 11) is 1.65. The van der Waals surface area contributed by atoms with Gasteiger partial charge in [0.05, 0.1) is 20.3 Å². The van der Waals surface area contributed by atoms with Crippen LogP contribution < -0.4 is 20.1 Å². The molecule has 1 saturated heterocycles. The molecule has 0 saturated carbocycles. The molecule has 0 radical (unpaired) electrons. The zero-order valence-electron chi connectivity index (χ0n) is 16.7. The van der Waals surface area contributed by atoms with E-state index < -0.39 is 0 Å². The largest absolute Gasteiger partial charge is 0.493 e. The monoisotopic (exact) mass is 362 g/mol. The molecule has 1 fully saturated rings. The summed E-state index contributed by atoms with van der Waals surface area (Å²) in [6.45, 7) is 10.8. The van der Waals surface area contributed by atoms with Crippen LogP contribution in [-0.2, 0) is 0 Å². The van der Waals surface area contributed by atoms with Crippen molar-refractivity contribution in [2.45, 2.75) is 46.1 Å². The molecule has 0 amide bonds.